The molecule has 6 nitrogen and oxygen atoms in total. The number of methoxy groups -OCH3 is 2. The molecule has 0 saturated carbocycles. The number of hydrogen-bond acceptors (Lipinski definition) is 5. The van der Waals surface area contributed by atoms with Crippen LogP contribution in [0.3, 0.4) is 0 Å². The van der Waals surface area contributed by atoms with Crippen LogP contribution in [0.15, 0.2) is 18.2 Å². The van der Waals surface area contributed by atoms with Gasteiger partial charge in [0.2, 0.25) is 5.91 Å². The van der Waals surface area contributed by atoms with Crippen molar-refractivity contribution in [2.24, 2.45) is 0 Å². The van der Waals surface area contributed by atoms with Gasteiger partial charge in [-0.2, -0.15) is 0 Å². The van der Waals surface area contributed by atoms with Gasteiger partial charge < -0.3 is 24.4 Å². The fourth-order valence-electron chi connectivity index (χ4n) is 2.56. The van der Waals surface area contributed by atoms with E-state index < -0.39 is 0 Å². The molecule has 0 unspecified atom stereocenters. The average molecular weight is 308 g/mol. The van der Waals surface area contributed by atoms with E-state index in [1.54, 1.807) is 26.2 Å². The zero-order chi connectivity index (χ0) is 16.1. The van der Waals surface area contributed by atoms with Gasteiger partial charge in [-0.05, 0) is 24.6 Å². The molecule has 1 N–H and O–H groups in total. The van der Waals surface area contributed by atoms with Gasteiger partial charge in [0.1, 0.15) is 17.5 Å². The number of carbonyl (C=O) groups is 1. The first kappa shape index (κ1) is 16.6. The molecule has 6 heteroatoms. The third kappa shape index (κ3) is 3.90. The summed E-state index contributed by atoms with van der Waals surface area (Å²) >= 11 is 0. The number of nitrogens with one attached hydrogen (secondary N) is 1. The molecule has 2 rings (SSSR count). The number of ether oxygens (including phenoxy) is 3. The first-order valence-corrected chi connectivity index (χ1v) is 7.37. The van der Waals surface area contributed by atoms with Crippen molar-refractivity contribution in [2.45, 2.75) is 25.6 Å². The standard InChI is InChI=1S/C16H24N2O4/c1-11-15(17-5-6-22-11)16(19)18(2)10-12-7-13(20-3)9-14(8-12)21-4/h7-9,11,15,17H,5-6,10H2,1-4H3/t11-,15+/m1/s1. The summed E-state index contributed by atoms with van der Waals surface area (Å²) in [5, 5.41) is 3.21. The molecule has 0 aromatic heterocycles. The Balaban J connectivity index is 2.07. The third-order valence-corrected chi connectivity index (χ3v) is 3.79. The van der Waals surface area contributed by atoms with E-state index in [0.717, 1.165) is 5.56 Å². The number of likely N-dealkylation sites (N-methyl/N-ethyl adjacent to an activating group) is 1. The molecule has 1 saturated heterocycles. The van der Waals surface area contributed by atoms with Crippen molar-refractivity contribution in [1.29, 1.82) is 0 Å². The predicted molar refractivity (Wildman–Crippen MR) is 83.2 cm³/mol. The van der Waals surface area contributed by atoms with Crippen LogP contribution in [-0.2, 0) is 16.1 Å². The summed E-state index contributed by atoms with van der Waals surface area (Å²) in [4.78, 5) is 14.2. The summed E-state index contributed by atoms with van der Waals surface area (Å²) in [5.41, 5.74) is 0.955. The molecule has 1 aliphatic rings. The summed E-state index contributed by atoms with van der Waals surface area (Å²) in [7, 11) is 5.01. The van der Waals surface area contributed by atoms with Crippen molar-refractivity contribution < 1.29 is 19.0 Å². The lowest BCUT2D eigenvalue weighted by molar-refractivity contribution is -0.138. The minimum atomic E-state index is -0.300. The first-order valence-electron chi connectivity index (χ1n) is 7.37. The molecule has 0 spiro atoms. The molecular formula is C16H24N2O4. The van der Waals surface area contributed by atoms with Gasteiger partial charge >= 0.3 is 0 Å². The van der Waals surface area contributed by atoms with Gasteiger partial charge in [0.15, 0.2) is 0 Å². The highest BCUT2D eigenvalue weighted by atomic mass is 16.5. The van der Waals surface area contributed by atoms with Crippen LogP contribution in [-0.4, -0.2) is 57.4 Å². The van der Waals surface area contributed by atoms with Crippen LogP contribution in [0.1, 0.15) is 12.5 Å². The topological polar surface area (TPSA) is 60.0 Å². The van der Waals surface area contributed by atoms with Gasteiger partial charge in [-0.15, -0.1) is 0 Å². The van der Waals surface area contributed by atoms with Crippen molar-refractivity contribution in [1.82, 2.24) is 10.2 Å². The van der Waals surface area contributed by atoms with Crippen LogP contribution < -0.4 is 14.8 Å². The molecule has 2 atom stereocenters. The fourth-order valence-corrected chi connectivity index (χ4v) is 2.56. The molecule has 1 aliphatic heterocycles. The van der Waals surface area contributed by atoms with Gasteiger partial charge in [-0.3, -0.25) is 4.79 Å². The SMILES string of the molecule is COc1cc(CN(C)C(=O)[C@H]2NCCO[C@@H]2C)cc(OC)c1. The summed E-state index contributed by atoms with van der Waals surface area (Å²) in [6.07, 6.45) is -0.122. The zero-order valence-electron chi connectivity index (χ0n) is 13.6. The molecule has 1 aromatic carbocycles. The number of carbonyl (C=O) groups excluding carboxylic acids is 1. The van der Waals surface area contributed by atoms with Crippen molar-refractivity contribution in [3.05, 3.63) is 23.8 Å². The molecule has 0 radical (unpaired) electrons. The molecule has 1 heterocycles. The minimum Gasteiger partial charge on any atom is -0.497 e. The highest BCUT2D eigenvalue weighted by Crippen LogP contribution is 2.23. The smallest absolute Gasteiger partial charge is 0.242 e. The minimum absolute atomic E-state index is 0.0222. The van der Waals surface area contributed by atoms with Gasteiger partial charge in [-0.25, -0.2) is 0 Å². The zero-order valence-corrected chi connectivity index (χ0v) is 13.6. The predicted octanol–water partition coefficient (Wildman–Crippen LogP) is 1.04. The second-order valence-electron chi connectivity index (χ2n) is 5.42. The Morgan fingerprint density at radius 2 is 1.95 bits per heavy atom. The van der Waals surface area contributed by atoms with Crippen LogP contribution in [0.25, 0.3) is 0 Å². The number of amides is 1. The van der Waals surface area contributed by atoms with Gasteiger partial charge in [0, 0.05) is 26.2 Å². The molecule has 122 valence electrons. The van der Waals surface area contributed by atoms with Crippen LogP contribution in [0, 0.1) is 0 Å². The van der Waals surface area contributed by atoms with Crippen molar-refractivity contribution in [3.63, 3.8) is 0 Å². The molecule has 1 fully saturated rings. The van der Waals surface area contributed by atoms with E-state index in [0.29, 0.717) is 31.2 Å². The molecule has 0 bridgehead atoms. The Bertz CT molecular complexity index is 499. The van der Waals surface area contributed by atoms with Crippen LogP contribution in [0.2, 0.25) is 0 Å². The van der Waals surface area contributed by atoms with Gasteiger partial charge in [0.05, 0.1) is 26.9 Å². The van der Waals surface area contributed by atoms with Crippen LogP contribution in [0.5, 0.6) is 11.5 Å². The van der Waals surface area contributed by atoms with Crippen molar-refractivity contribution >= 4 is 5.91 Å². The number of rotatable bonds is 5. The Hall–Kier alpha value is -1.79. The van der Waals surface area contributed by atoms with Gasteiger partial charge in [-0.1, -0.05) is 0 Å². The third-order valence-electron chi connectivity index (χ3n) is 3.79. The summed E-state index contributed by atoms with van der Waals surface area (Å²) in [5.74, 6) is 1.44. The van der Waals surface area contributed by atoms with Crippen molar-refractivity contribution in [3.8, 4) is 11.5 Å². The highest BCUT2D eigenvalue weighted by Gasteiger charge is 2.30. The average Bonchev–Trinajstić information content (AvgIpc) is 2.54. The molecule has 0 aliphatic carbocycles. The molecule has 22 heavy (non-hydrogen) atoms. The van der Waals surface area contributed by atoms with Gasteiger partial charge in [0.25, 0.3) is 0 Å². The Kier molecular flexibility index (Phi) is 5.63. The first-order chi connectivity index (χ1) is 10.5. The van der Waals surface area contributed by atoms with E-state index in [-0.39, 0.29) is 18.1 Å². The van der Waals surface area contributed by atoms with E-state index in [4.69, 9.17) is 14.2 Å². The van der Waals surface area contributed by atoms with Crippen LogP contribution >= 0.6 is 0 Å². The van der Waals surface area contributed by atoms with E-state index in [1.165, 1.54) is 0 Å². The fraction of sp³-hybridized carbons (Fsp3) is 0.562. The maximum absolute atomic E-state index is 12.5. The maximum atomic E-state index is 12.5. The summed E-state index contributed by atoms with van der Waals surface area (Å²) in [6, 6.07) is 5.32. The van der Waals surface area contributed by atoms with E-state index in [2.05, 4.69) is 5.32 Å². The second kappa shape index (κ2) is 7.47. The largest absolute Gasteiger partial charge is 0.497 e. The quantitative estimate of drug-likeness (QED) is 0.881. The Morgan fingerprint density at radius 3 is 2.50 bits per heavy atom. The monoisotopic (exact) mass is 308 g/mol. The number of morpholine rings is 1. The summed E-state index contributed by atoms with van der Waals surface area (Å²) < 4.78 is 16.0. The molecule has 1 aromatic rings. The Morgan fingerprint density at radius 1 is 1.32 bits per heavy atom. The summed E-state index contributed by atoms with van der Waals surface area (Å²) in [6.45, 7) is 3.73. The molecular weight excluding hydrogens is 284 g/mol. The maximum Gasteiger partial charge on any atom is 0.242 e. The van der Waals surface area contributed by atoms with Crippen molar-refractivity contribution in [2.75, 3.05) is 34.4 Å². The lowest BCUT2D eigenvalue weighted by Gasteiger charge is -2.32. The lowest BCUT2D eigenvalue weighted by atomic mass is 10.1. The van der Waals surface area contributed by atoms with E-state index >= 15 is 0 Å². The second-order valence-corrected chi connectivity index (χ2v) is 5.42. The molecule has 1 amide bonds. The van der Waals surface area contributed by atoms with E-state index in [9.17, 15) is 4.79 Å². The number of benzene rings is 1. The Labute approximate surface area is 131 Å². The number of nitrogens with zero attached hydrogens (tertiary/aromatic N) is 1. The lowest BCUT2D eigenvalue weighted by Crippen LogP contribution is -2.55. The van der Waals surface area contributed by atoms with Crippen LogP contribution in [0.4, 0.5) is 0 Å². The van der Waals surface area contributed by atoms with E-state index in [1.807, 2.05) is 25.1 Å². The number of hydrogen-bond donors (Lipinski definition) is 1. The normalized spacial score (nSPS) is 21.3. The highest BCUT2D eigenvalue weighted by molar-refractivity contribution is 5.82.